The smallest absolute Gasteiger partial charge is 0.0972 e. The molecule has 7 aromatic rings. The first-order valence-corrected chi connectivity index (χ1v) is 11.5. The summed E-state index contributed by atoms with van der Waals surface area (Å²) in [6.07, 6.45) is 0. The van der Waals surface area contributed by atoms with E-state index in [4.69, 9.17) is 9.97 Å². The summed E-state index contributed by atoms with van der Waals surface area (Å²) in [4.78, 5) is 10.2. The summed E-state index contributed by atoms with van der Waals surface area (Å²) in [6, 6.07) is 38.3. The molecule has 0 bridgehead atoms. The molecule has 0 saturated heterocycles. The Balaban J connectivity index is 1.64. The van der Waals surface area contributed by atoms with Crippen molar-refractivity contribution in [2.75, 3.05) is 0 Å². The third kappa shape index (κ3) is 2.70. The van der Waals surface area contributed by atoms with E-state index < -0.39 is 0 Å². The second kappa shape index (κ2) is 7.26. The van der Waals surface area contributed by atoms with Crippen LogP contribution in [-0.4, -0.2) is 14.5 Å². The van der Waals surface area contributed by atoms with Gasteiger partial charge in [-0.05, 0) is 36.6 Å². The van der Waals surface area contributed by atoms with Crippen LogP contribution < -0.4 is 0 Å². The number of para-hydroxylation sites is 3. The van der Waals surface area contributed by atoms with Crippen LogP contribution in [0.4, 0.5) is 0 Å². The first-order valence-electron chi connectivity index (χ1n) is 11.5. The number of rotatable bonds is 2. The predicted molar refractivity (Wildman–Crippen MR) is 142 cm³/mol. The van der Waals surface area contributed by atoms with E-state index in [1.807, 2.05) is 0 Å². The van der Waals surface area contributed by atoms with E-state index in [1.54, 1.807) is 0 Å². The molecule has 5 aromatic carbocycles. The third-order valence-corrected chi connectivity index (χ3v) is 6.70. The molecule has 2 heterocycles. The van der Waals surface area contributed by atoms with Gasteiger partial charge in [-0.15, -0.1) is 0 Å². The van der Waals surface area contributed by atoms with E-state index in [9.17, 15) is 0 Å². The molecule has 0 spiro atoms. The number of aryl methyl sites for hydroxylation is 1. The van der Waals surface area contributed by atoms with Gasteiger partial charge in [0.15, 0.2) is 0 Å². The molecule has 0 N–H and O–H groups in total. The molecule has 0 fully saturated rings. The number of hydrogen-bond donors (Lipinski definition) is 0. The van der Waals surface area contributed by atoms with Gasteiger partial charge in [0.05, 0.1) is 33.5 Å². The summed E-state index contributed by atoms with van der Waals surface area (Å²) in [5.41, 5.74) is 8.30. The molecule has 0 atom stereocenters. The first kappa shape index (κ1) is 19.0. The lowest BCUT2D eigenvalue weighted by molar-refractivity contribution is 1.16. The Morgan fingerprint density at radius 2 is 1.32 bits per heavy atom. The lowest BCUT2D eigenvalue weighted by atomic mass is 10.0. The Kier molecular flexibility index (Phi) is 4.06. The summed E-state index contributed by atoms with van der Waals surface area (Å²) in [5, 5.41) is 4.76. The van der Waals surface area contributed by atoms with Gasteiger partial charge in [-0.1, -0.05) is 84.9 Å². The molecule has 34 heavy (non-hydrogen) atoms. The highest BCUT2D eigenvalue weighted by molar-refractivity contribution is 6.14. The van der Waals surface area contributed by atoms with Crippen molar-refractivity contribution < 1.29 is 0 Å². The van der Waals surface area contributed by atoms with Crippen molar-refractivity contribution in [3.63, 3.8) is 0 Å². The zero-order valence-corrected chi connectivity index (χ0v) is 18.7. The molecular formula is C31H21N3. The van der Waals surface area contributed by atoms with Gasteiger partial charge in [-0.3, -0.25) is 0 Å². The highest BCUT2D eigenvalue weighted by atomic mass is 15.0. The molecule has 0 radical (unpaired) electrons. The lowest BCUT2D eigenvalue weighted by Gasteiger charge is -2.13. The predicted octanol–water partition coefficient (Wildman–Crippen LogP) is 7.86. The Hall–Kier alpha value is -4.50. The van der Waals surface area contributed by atoms with Gasteiger partial charge < -0.3 is 4.57 Å². The van der Waals surface area contributed by atoms with Gasteiger partial charge in [0.25, 0.3) is 0 Å². The minimum atomic E-state index is 0.925. The van der Waals surface area contributed by atoms with Crippen molar-refractivity contribution in [1.82, 2.24) is 14.5 Å². The zero-order chi connectivity index (χ0) is 22.6. The van der Waals surface area contributed by atoms with E-state index >= 15 is 0 Å². The molecule has 2 aromatic heterocycles. The van der Waals surface area contributed by atoms with Crippen molar-refractivity contribution in [3.8, 4) is 16.9 Å². The average Bonchev–Trinajstić information content (AvgIpc) is 3.23. The van der Waals surface area contributed by atoms with Crippen LogP contribution in [0.5, 0.6) is 0 Å². The van der Waals surface area contributed by atoms with E-state index in [0.29, 0.717) is 0 Å². The molecule has 0 amide bonds. The van der Waals surface area contributed by atoms with Gasteiger partial charge in [0.1, 0.15) is 0 Å². The minimum Gasteiger partial charge on any atom is -0.309 e. The maximum atomic E-state index is 5.25. The summed E-state index contributed by atoms with van der Waals surface area (Å²) in [7, 11) is 0. The van der Waals surface area contributed by atoms with E-state index in [2.05, 4.69) is 121 Å². The fourth-order valence-corrected chi connectivity index (χ4v) is 5.19. The van der Waals surface area contributed by atoms with Crippen molar-refractivity contribution in [3.05, 3.63) is 115 Å². The number of fused-ring (bicyclic) bond motifs is 6. The fourth-order valence-electron chi connectivity index (χ4n) is 5.19. The Morgan fingerprint density at radius 1 is 0.588 bits per heavy atom. The quantitative estimate of drug-likeness (QED) is 0.259. The van der Waals surface area contributed by atoms with Gasteiger partial charge in [0, 0.05) is 27.4 Å². The minimum absolute atomic E-state index is 0.925. The molecule has 3 nitrogen and oxygen atoms in total. The Labute approximate surface area is 196 Å². The van der Waals surface area contributed by atoms with Crippen LogP contribution in [0.1, 0.15) is 5.69 Å². The largest absolute Gasteiger partial charge is 0.309 e. The van der Waals surface area contributed by atoms with Crippen LogP contribution in [0.2, 0.25) is 0 Å². The van der Waals surface area contributed by atoms with Gasteiger partial charge in [-0.25, -0.2) is 9.97 Å². The SMILES string of the molecule is Cc1nc2ccc3ccccc3c2nc1-c1cccc2c3ccccc3n(-c3ccccc3)c12. The topological polar surface area (TPSA) is 30.7 Å². The van der Waals surface area contributed by atoms with Crippen LogP contribution in [0.15, 0.2) is 109 Å². The van der Waals surface area contributed by atoms with E-state index in [0.717, 1.165) is 44.6 Å². The van der Waals surface area contributed by atoms with Crippen LogP contribution in [0.3, 0.4) is 0 Å². The van der Waals surface area contributed by atoms with Crippen LogP contribution in [0, 0.1) is 6.92 Å². The second-order valence-electron chi connectivity index (χ2n) is 8.70. The highest BCUT2D eigenvalue weighted by Crippen LogP contribution is 2.38. The molecule has 7 rings (SSSR count). The van der Waals surface area contributed by atoms with Crippen molar-refractivity contribution >= 4 is 43.6 Å². The monoisotopic (exact) mass is 435 g/mol. The highest BCUT2D eigenvalue weighted by Gasteiger charge is 2.19. The standard InChI is InChI=1S/C31H21N3/c1-20-29(33-30-23-13-6-5-10-21(23)18-19-27(30)32-20)26-16-9-15-25-24-14-7-8-17-28(24)34(31(25)26)22-11-3-2-4-12-22/h2-19H,1H3. The number of benzene rings is 5. The zero-order valence-electron chi connectivity index (χ0n) is 18.7. The molecular weight excluding hydrogens is 414 g/mol. The molecule has 0 unspecified atom stereocenters. The van der Waals surface area contributed by atoms with Crippen LogP contribution >= 0.6 is 0 Å². The van der Waals surface area contributed by atoms with Crippen molar-refractivity contribution in [2.45, 2.75) is 6.92 Å². The van der Waals surface area contributed by atoms with Crippen molar-refractivity contribution in [2.24, 2.45) is 0 Å². The van der Waals surface area contributed by atoms with Crippen LogP contribution in [0.25, 0.3) is 60.6 Å². The molecule has 0 aliphatic rings. The van der Waals surface area contributed by atoms with E-state index in [-0.39, 0.29) is 0 Å². The fraction of sp³-hybridized carbons (Fsp3) is 0.0323. The lowest BCUT2D eigenvalue weighted by Crippen LogP contribution is -1.99. The molecule has 160 valence electrons. The molecule has 0 aliphatic heterocycles. The van der Waals surface area contributed by atoms with Gasteiger partial charge in [-0.2, -0.15) is 0 Å². The van der Waals surface area contributed by atoms with Gasteiger partial charge >= 0.3 is 0 Å². The first-order chi connectivity index (χ1) is 16.8. The number of hydrogen-bond acceptors (Lipinski definition) is 2. The summed E-state index contributed by atoms with van der Waals surface area (Å²) in [6.45, 7) is 2.06. The molecule has 3 heteroatoms. The maximum Gasteiger partial charge on any atom is 0.0972 e. The number of nitrogens with zero attached hydrogens (tertiary/aromatic N) is 3. The van der Waals surface area contributed by atoms with Crippen molar-refractivity contribution in [1.29, 1.82) is 0 Å². The van der Waals surface area contributed by atoms with E-state index in [1.165, 1.54) is 21.7 Å². The van der Waals surface area contributed by atoms with Crippen LogP contribution in [-0.2, 0) is 0 Å². The van der Waals surface area contributed by atoms with Gasteiger partial charge in [0.2, 0.25) is 0 Å². The summed E-state index contributed by atoms with van der Waals surface area (Å²) in [5.74, 6) is 0. The third-order valence-electron chi connectivity index (χ3n) is 6.70. The molecule has 0 saturated carbocycles. The normalized spacial score (nSPS) is 11.7. The average molecular weight is 436 g/mol. The second-order valence-corrected chi connectivity index (χ2v) is 8.70. The Morgan fingerprint density at radius 3 is 2.21 bits per heavy atom. The summed E-state index contributed by atoms with van der Waals surface area (Å²) < 4.78 is 2.36. The Bertz CT molecular complexity index is 1860. The summed E-state index contributed by atoms with van der Waals surface area (Å²) >= 11 is 0. The number of aromatic nitrogens is 3. The molecule has 0 aliphatic carbocycles. The maximum absolute atomic E-state index is 5.25.